The van der Waals surface area contributed by atoms with Crippen LogP contribution >= 0.6 is 0 Å². The molecule has 8 heteroatoms. The van der Waals surface area contributed by atoms with Crippen molar-refractivity contribution in [1.82, 2.24) is 14.1 Å². The Hall–Kier alpha value is -2.97. The first-order valence-electron chi connectivity index (χ1n) is 12.2. The smallest absolute Gasteiger partial charge is 0.255 e. The van der Waals surface area contributed by atoms with E-state index >= 15 is 0 Å². The molecule has 0 unspecified atom stereocenters. The largest absolute Gasteiger partial charge is 0.322 e. The van der Waals surface area contributed by atoms with Crippen molar-refractivity contribution in [3.63, 3.8) is 0 Å². The molecule has 1 amide bonds. The molecular formula is C27H34N4O3S. The predicted molar refractivity (Wildman–Crippen MR) is 138 cm³/mol. The quantitative estimate of drug-likeness (QED) is 0.524. The molecule has 0 atom stereocenters. The molecule has 4 rings (SSSR count). The first-order valence-corrected chi connectivity index (χ1v) is 13.6. The molecule has 2 heterocycles. The third-order valence-corrected chi connectivity index (χ3v) is 9.03. The van der Waals surface area contributed by atoms with Crippen molar-refractivity contribution in [2.45, 2.75) is 64.8 Å². The Kier molecular flexibility index (Phi) is 7.42. The maximum Gasteiger partial charge on any atom is 0.255 e. The van der Waals surface area contributed by atoms with E-state index in [-0.39, 0.29) is 5.91 Å². The Morgan fingerprint density at radius 2 is 1.60 bits per heavy atom. The summed E-state index contributed by atoms with van der Waals surface area (Å²) in [6, 6.07) is 13.2. The Morgan fingerprint density at radius 3 is 2.26 bits per heavy atom. The van der Waals surface area contributed by atoms with E-state index in [2.05, 4.69) is 10.4 Å². The summed E-state index contributed by atoms with van der Waals surface area (Å²) in [5.74, 6) is -0.165. The lowest BCUT2D eigenvalue weighted by molar-refractivity contribution is 0.102. The summed E-state index contributed by atoms with van der Waals surface area (Å²) in [5, 5.41) is 7.53. The van der Waals surface area contributed by atoms with E-state index in [1.54, 1.807) is 28.0 Å². The van der Waals surface area contributed by atoms with E-state index in [9.17, 15) is 13.2 Å². The van der Waals surface area contributed by atoms with Gasteiger partial charge in [0, 0.05) is 24.3 Å². The molecule has 1 saturated heterocycles. The van der Waals surface area contributed by atoms with E-state index < -0.39 is 10.0 Å². The summed E-state index contributed by atoms with van der Waals surface area (Å²) in [5.41, 5.74) is 5.65. The highest BCUT2D eigenvalue weighted by atomic mass is 32.2. The SMILES string of the molecule is Cc1cccc(NC(=O)c2ccc(Cn3nc(C)c(S(=O)(=O)N4CCCCCC4)c3C)cc2)c1C. The van der Waals surface area contributed by atoms with Gasteiger partial charge >= 0.3 is 0 Å². The number of carbonyl (C=O) groups is 1. The number of benzene rings is 2. The molecule has 0 spiro atoms. The number of rotatable bonds is 6. The fourth-order valence-electron chi connectivity index (χ4n) is 4.63. The molecule has 1 aliphatic rings. The Morgan fingerprint density at radius 1 is 0.943 bits per heavy atom. The lowest BCUT2D eigenvalue weighted by Crippen LogP contribution is -2.32. The van der Waals surface area contributed by atoms with E-state index in [0.29, 0.717) is 41.5 Å². The summed E-state index contributed by atoms with van der Waals surface area (Å²) >= 11 is 0. The number of aromatic nitrogens is 2. The maximum absolute atomic E-state index is 13.4. The minimum Gasteiger partial charge on any atom is -0.322 e. The molecule has 3 aromatic rings. The molecule has 0 aliphatic carbocycles. The minimum absolute atomic E-state index is 0.165. The number of aryl methyl sites for hydroxylation is 2. The zero-order valence-corrected chi connectivity index (χ0v) is 21.8. The fourth-order valence-corrected chi connectivity index (χ4v) is 6.52. The molecule has 35 heavy (non-hydrogen) atoms. The summed E-state index contributed by atoms with van der Waals surface area (Å²) in [6.45, 7) is 9.15. The van der Waals surface area contributed by atoms with E-state index in [4.69, 9.17) is 0 Å². The second-order valence-electron chi connectivity index (χ2n) is 9.37. The molecule has 1 aromatic heterocycles. The van der Waals surface area contributed by atoms with Crippen molar-refractivity contribution in [2.24, 2.45) is 0 Å². The molecule has 2 aromatic carbocycles. The molecule has 1 aliphatic heterocycles. The monoisotopic (exact) mass is 494 g/mol. The van der Waals surface area contributed by atoms with Gasteiger partial charge in [0.15, 0.2) is 0 Å². The molecule has 1 fully saturated rings. The average Bonchev–Trinajstić information content (AvgIpc) is 3.00. The molecular weight excluding hydrogens is 460 g/mol. The van der Waals surface area contributed by atoms with Gasteiger partial charge in [-0.15, -0.1) is 0 Å². The van der Waals surface area contributed by atoms with Crippen LogP contribution in [0.2, 0.25) is 0 Å². The average molecular weight is 495 g/mol. The zero-order chi connectivity index (χ0) is 25.2. The summed E-state index contributed by atoms with van der Waals surface area (Å²) in [6.07, 6.45) is 3.94. The van der Waals surface area contributed by atoms with Crippen molar-refractivity contribution < 1.29 is 13.2 Å². The number of sulfonamides is 1. The van der Waals surface area contributed by atoms with Crippen molar-refractivity contribution >= 4 is 21.6 Å². The Bertz CT molecular complexity index is 1320. The third kappa shape index (κ3) is 5.33. The molecule has 1 N–H and O–H groups in total. The molecule has 7 nitrogen and oxygen atoms in total. The van der Waals surface area contributed by atoms with Gasteiger partial charge in [-0.1, -0.05) is 37.1 Å². The second-order valence-corrected chi connectivity index (χ2v) is 11.2. The predicted octanol–water partition coefficient (Wildman–Crippen LogP) is 4.98. The first-order chi connectivity index (χ1) is 16.7. The van der Waals surface area contributed by atoms with Crippen LogP contribution in [0.3, 0.4) is 0 Å². The second kappa shape index (κ2) is 10.3. The van der Waals surface area contributed by atoms with Crippen LogP contribution in [0.15, 0.2) is 47.4 Å². The number of carbonyl (C=O) groups excluding carboxylic acids is 1. The van der Waals surface area contributed by atoms with Crippen LogP contribution in [0.25, 0.3) is 0 Å². The number of nitrogens with zero attached hydrogens (tertiary/aromatic N) is 3. The van der Waals surface area contributed by atoms with E-state index in [1.165, 1.54) is 0 Å². The van der Waals surface area contributed by atoms with Gasteiger partial charge in [0.1, 0.15) is 4.90 Å². The van der Waals surface area contributed by atoms with Gasteiger partial charge in [0.2, 0.25) is 10.0 Å². The van der Waals surface area contributed by atoms with Gasteiger partial charge in [-0.05, 0) is 75.4 Å². The molecule has 0 radical (unpaired) electrons. The van der Waals surface area contributed by atoms with Crippen molar-refractivity contribution in [2.75, 3.05) is 18.4 Å². The fraction of sp³-hybridized carbons (Fsp3) is 0.407. The highest BCUT2D eigenvalue weighted by Crippen LogP contribution is 2.26. The summed E-state index contributed by atoms with van der Waals surface area (Å²) in [7, 11) is -3.58. The number of nitrogens with one attached hydrogen (secondary N) is 1. The van der Waals surface area contributed by atoms with E-state index in [0.717, 1.165) is 48.1 Å². The number of hydrogen-bond acceptors (Lipinski definition) is 4. The van der Waals surface area contributed by atoms with Gasteiger partial charge in [0.05, 0.1) is 17.9 Å². The lowest BCUT2D eigenvalue weighted by Gasteiger charge is -2.20. The third-order valence-electron chi connectivity index (χ3n) is 6.88. The summed E-state index contributed by atoms with van der Waals surface area (Å²) in [4.78, 5) is 13.1. The first kappa shape index (κ1) is 25.1. The number of hydrogen-bond donors (Lipinski definition) is 1. The van der Waals surface area contributed by atoms with Crippen LogP contribution < -0.4 is 5.32 Å². The Balaban J connectivity index is 1.50. The van der Waals surface area contributed by atoms with E-state index in [1.807, 2.05) is 51.1 Å². The Labute approximate surface area is 208 Å². The molecule has 0 saturated carbocycles. The van der Waals surface area contributed by atoms with Crippen molar-refractivity contribution in [3.05, 3.63) is 76.1 Å². The van der Waals surface area contributed by atoms with Crippen LogP contribution in [0.1, 0.15) is 64.1 Å². The van der Waals surface area contributed by atoms with Gasteiger partial charge in [-0.2, -0.15) is 9.40 Å². The van der Waals surface area contributed by atoms with Crippen LogP contribution in [-0.2, 0) is 16.6 Å². The van der Waals surface area contributed by atoms with Crippen molar-refractivity contribution in [3.8, 4) is 0 Å². The lowest BCUT2D eigenvalue weighted by atomic mass is 10.1. The molecule has 0 bridgehead atoms. The molecule has 186 valence electrons. The van der Waals surface area contributed by atoms with Gasteiger partial charge in [-0.3, -0.25) is 9.48 Å². The van der Waals surface area contributed by atoms with Gasteiger partial charge < -0.3 is 5.32 Å². The number of amides is 1. The summed E-state index contributed by atoms with van der Waals surface area (Å²) < 4.78 is 30.1. The maximum atomic E-state index is 13.4. The minimum atomic E-state index is -3.58. The highest BCUT2D eigenvalue weighted by Gasteiger charge is 2.31. The standard InChI is InChI=1S/C27H34N4O3S/c1-19-10-9-11-25(20(19)2)28-27(32)24-14-12-23(13-15-24)18-31-22(4)26(21(3)29-31)35(33,34)30-16-7-5-6-8-17-30/h9-15H,5-8,16-18H2,1-4H3,(H,28,32). The van der Waals surface area contributed by atoms with Gasteiger partial charge in [0.25, 0.3) is 5.91 Å². The zero-order valence-electron chi connectivity index (χ0n) is 21.0. The van der Waals surface area contributed by atoms with Crippen LogP contribution in [0.5, 0.6) is 0 Å². The topological polar surface area (TPSA) is 84.3 Å². The van der Waals surface area contributed by atoms with Crippen molar-refractivity contribution in [1.29, 1.82) is 0 Å². The van der Waals surface area contributed by atoms with Crippen LogP contribution in [-0.4, -0.2) is 41.5 Å². The highest BCUT2D eigenvalue weighted by molar-refractivity contribution is 7.89. The van der Waals surface area contributed by atoms with Crippen LogP contribution in [0.4, 0.5) is 5.69 Å². The van der Waals surface area contributed by atoms with Gasteiger partial charge in [-0.25, -0.2) is 8.42 Å². The van der Waals surface area contributed by atoms with Crippen LogP contribution in [0, 0.1) is 27.7 Å². The number of anilines is 1. The normalized spacial score (nSPS) is 15.1.